The van der Waals surface area contributed by atoms with Crippen molar-refractivity contribution in [1.29, 1.82) is 0 Å². The zero-order chi connectivity index (χ0) is 16.3. The van der Waals surface area contributed by atoms with Crippen molar-refractivity contribution in [3.8, 4) is 11.3 Å². The van der Waals surface area contributed by atoms with E-state index in [1.54, 1.807) is 6.92 Å². The second-order valence-corrected chi connectivity index (χ2v) is 5.87. The smallest absolute Gasteiger partial charge is 0.329 e. The summed E-state index contributed by atoms with van der Waals surface area (Å²) in [4.78, 5) is 23.6. The highest BCUT2D eigenvalue weighted by molar-refractivity contribution is 9.10. The molecule has 0 saturated heterocycles. The van der Waals surface area contributed by atoms with E-state index in [9.17, 15) is 14.7 Å². The number of nitrogens with zero attached hydrogens (tertiary/aromatic N) is 1. The van der Waals surface area contributed by atoms with E-state index in [1.807, 2.05) is 30.3 Å². The van der Waals surface area contributed by atoms with Crippen LogP contribution >= 0.6 is 15.9 Å². The Hall–Kier alpha value is -2.15. The third-order valence-electron chi connectivity index (χ3n) is 3.55. The maximum Gasteiger partial charge on any atom is 0.329 e. The average molecular weight is 366 g/mol. The molecule has 0 aliphatic rings. The van der Waals surface area contributed by atoms with Crippen LogP contribution in [0.25, 0.3) is 11.3 Å². The second kappa shape index (κ2) is 6.31. The molecule has 1 atom stereocenters. The molecule has 0 spiro atoms. The summed E-state index contributed by atoms with van der Waals surface area (Å²) in [5.74, 6) is -1.60. The highest BCUT2D eigenvalue weighted by atomic mass is 79.9. The summed E-state index contributed by atoms with van der Waals surface area (Å²) in [6.07, 6.45) is 0.269. The van der Waals surface area contributed by atoms with E-state index in [4.69, 9.17) is 0 Å². The number of hydrogen-bond donors (Lipinski definition) is 3. The van der Waals surface area contributed by atoms with Crippen molar-refractivity contribution < 1.29 is 14.7 Å². The monoisotopic (exact) mass is 365 g/mol. The van der Waals surface area contributed by atoms with Gasteiger partial charge in [-0.05, 0) is 29.3 Å². The molecule has 0 fully saturated rings. The largest absolute Gasteiger partial charge is 0.480 e. The first-order chi connectivity index (χ1) is 10.4. The second-order valence-electron chi connectivity index (χ2n) is 5.07. The quantitative estimate of drug-likeness (QED) is 0.758. The number of hydrogen-bond acceptors (Lipinski definition) is 3. The van der Waals surface area contributed by atoms with Gasteiger partial charge in [0.05, 0.1) is 4.47 Å². The van der Waals surface area contributed by atoms with Gasteiger partial charge < -0.3 is 10.4 Å². The predicted octanol–water partition coefficient (Wildman–Crippen LogP) is 2.82. The summed E-state index contributed by atoms with van der Waals surface area (Å²) in [5.41, 5.74) is 0.314. The van der Waals surface area contributed by atoms with Crippen LogP contribution in [-0.2, 0) is 4.79 Å². The Bertz CT molecular complexity index is 699. The van der Waals surface area contributed by atoms with Crippen molar-refractivity contribution in [1.82, 2.24) is 15.5 Å². The number of aromatic nitrogens is 2. The number of rotatable bonds is 5. The topological polar surface area (TPSA) is 95.1 Å². The van der Waals surface area contributed by atoms with Crippen LogP contribution in [0.4, 0.5) is 0 Å². The fourth-order valence-electron chi connectivity index (χ4n) is 1.87. The number of benzene rings is 1. The maximum atomic E-state index is 12.3. The van der Waals surface area contributed by atoms with Gasteiger partial charge in [-0.1, -0.05) is 37.3 Å². The summed E-state index contributed by atoms with van der Waals surface area (Å²) in [7, 11) is 0. The van der Waals surface area contributed by atoms with Gasteiger partial charge in [-0.15, -0.1) is 0 Å². The zero-order valence-electron chi connectivity index (χ0n) is 12.2. The number of H-pyrrole nitrogens is 1. The first-order valence-corrected chi connectivity index (χ1v) is 7.53. The van der Waals surface area contributed by atoms with E-state index in [-0.39, 0.29) is 12.1 Å². The first-order valence-electron chi connectivity index (χ1n) is 6.74. The molecular weight excluding hydrogens is 350 g/mol. The molecule has 22 heavy (non-hydrogen) atoms. The fourth-order valence-corrected chi connectivity index (χ4v) is 2.46. The molecule has 0 aliphatic carbocycles. The molecule has 0 aliphatic heterocycles. The standard InChI is InChI=1S/C15H16BrN3O3/c1-3-15(2,14(21)22)17-13(20)12-10(16)11(18-19-12)9-7-5-4-6-8-9/h4-8H,3H2,1-2H3,(H,17,20)(H,18,19)(H,21,22). The summed E-state index contributed by atoms with van der Waals surface area (Å²) in [5, 5.41) is 18.5. The van der Waals surface area contributed by atoms with E-state index in [0.29, 0.717) is 10.2 Å². The Labute approximate surface area is 136 Å². The summed E-state index contributed by atoms with van der Waals surface area (Å²) >= 11 is 3.35. The predicted molar refractivity (Wildman–Crippen MR) is 85.5 cm³/mol. The minimum atomic E-state index is -1.32. The number of nitrogens with one attached hydrogen (secondary N) is 2. The minimum absolute atomic E-state index is 0.194. The lowest BCUT2D eigenvalue weighted by molar-refractivity contribution is -0.143. The summed E-state index contributed by atoms with van der Waals surface area (Å²) < 4.78 is 0.500. The van der Waals surface area contributed by atoms with E-state index in [2.05, 4.69) is 31.4 Å². The molecule has 6 nitrogen and oxygen atoms in total. The van der Waals surface area contributed by atoms with Crippen molar-refractivity contribution in [2.75, 3.05) is 0 Å². The number of carbonyl (C=O) groups is 2. The van der Waals surface area contributed by atoms with Crippen LogP contribution in [0.1, 0.15) is 30.8 Å². The molecule has 3 N–H and O–H groups in total. The molecule has 0 bridgehead atoms. The van der Waals surface area contributed by atoms with Crippen molar-refractivity contribution in [2.24, 2.45) is 0 Å². The molecular formula is C15H16BrN3O3. The summed E-state index contributed by atoms with van der Waals surface area (Å²) in [6.45, 7) is 3.17. The number of aromatic amines is 1. The number of amides is 1. The Morgan fingerprint density at radius 2 is 2.00 bits per heavy atom. The molecule has 1 aromatic heterocycles. The first kappa shape index (κ1) is 16.2. The van der Waals surface area contributed by atoms with Crippen molar-refractivity contribution in [3.63, 3.8) is 0 Å². The van der Waals surface area contributed by atoms with Crippen LogP contribution in [0.2, 0.25) is 0 Å². The average Bonchev–Trinajstić information content (AvgIpc) is 2.89. The third-order valence-corrected chi connectivity index (χ3v) is 4.32. The van der Waals surface area contributed by atoms with Crippen LogP contribution in [0.15, 0.2) is 34.8 Å². The molecule has 2 aromatic rings. The molecule has 1 aromatic carbocycles. The fraction of sp³-hybridized carbons (Fsp3) is 0.267. The van der Waals surface area contributed by atoms with Gasteiger partial charge >= 0.3 is 5.97 Å². The van der Waals surface area contributed by atoms with Gasteiger partial charge in [0, 0.05) is 5.56 Å². The van der Waals surface area contributed by atoms with Crippen LogP contribution in [0.5, 0.6) is 0 Å². The van der Waals surface area contributed by atoms with Crippen molar-refractivity contribution >= 4 is 27.8 Å². The molecule has 7 heteroatoms. The maximum absolute atomic E-state index is 12.3. The third kappa shape index (κ3) is 3.04. The van der Waals surface area contributed by atoms with Gasteiger partial charge in [-0.3, -0.25) is 9.89 Å². The SMILES string of the molecule is CCC(C)(NC(=O)c1[nH]nc(-c2ccccc2)c1Br)C(=O)O. The van der Waals surface area contributed by atoms with Gasteiger partial charge in [-0.2, -0.15) is 5.10 Å². The molecule has 1 amide bonds. The molecule has 1 unspecified atom stereocenters. The molecule has 2 rings (SSSR count). The number of carbonyl (C=O) groups excluding carboxylic acids is 1. The Balaban J connectivity index is 2.29. The van der Waals surface area contributed by atoms with Gasteiger partial charge in [0.2, 0.25) is 0 Å². The van der Waals surface area contributed by atoms with Gasteiger partial charge in [0.15, 0.2) is 0 Å². The Morgan fingerprint density at radius 1 is 1.36 bits per heavy atom. The zero-order valence-corrected chi connectivity index (χ0v) is 13.8. The van der Waals surface area contributed by atoms with Gasteiger partial charge in [0.1, 0.15) is 16.9 Å². The highest BCUT2D eigenvalue weighted by Gasteiger charge is 2.34. The van der Waals surface area contributed by atoms with Crippen LogP contribution in [0.3, 0.4) is 0 Å². The molecule has 0 radical (unpaired) electrons. The molecule has 0 saturated carbocycles. The lowest BCUT2D eigenvalue weighted by atomic mass is 9.99. The number of carboxylic acids is 1. The minimum Gasteiger partial charge on any atom is -0.480 e. The Morgan fingerprint density at radius 3 is 2.55 bits per heavy atom. The van der Waals surface area contributed by atoms with Gasteiger partial charge in [0.25, 0.3) is 5.91 Å². The van der Waals surface area contributed by atoms with Crippen LogP contribution < -0.4 is 5.32 Å². The van der Waals surface area contributed by atoms with Crippen molar-refractivity contribution in [3.05, 3.63) is 40.5 Å². The van der Waals surface area contributed by atoms with Crippen LogP contribution in [-0.4, -0.2) is 32.7 Å². The normalized spacial score (nSPS) is 13.4. The van der Waals surface area contributed by atoms with E-state index in [1.165, 1.54) is 6.92 Å². The van der Waals surface area contributed by atoms with Crippen LogP contribution in [0, 0.1) is 0 Å². The number of halogens is 1. The summed E-state index contributed by atoms with van der Waals surface area (Å²) in [6, 6.07) is 9.37. The van der Waals surface area contributed by atoms with Crippen molar-refractivity contribution in [2.45, 2.75) is 25.8 Å². The highest BCUT2D eigenvalue weighted by Crippen LogP contribution is 2.29. The molecule has 1 heterocycles. The van der Waals surface area contributed by atoms with E-state index in [0.717, 1.165) is 5.56 Å². The lowest BCUT2D eigenvalue weighted by Gasteiger charge is -2.24. The van der Waals surface area contributed by atoms with Gasteiger partial charge in [-0.25, -0.2) is 4.79 Å². The number of aliphatic carboxylic acids is 1. The van der Waals surface area contributed by atoms with E-state index >= 15 is 0 Å². The number of carboxylic acid groups (broad SMARTS) is 1. The lowest BCUT2D eigenvalue weighted by Crippen LogP contribution is -2.51. The van der Waals surface area contributed by atoms with E-state index < -0.39 is 17.4 Å². The molecule has 116 valence electrons. The Kier molecular flexibility index (Phi) is 4.65.